The normalized spacial score (nSPS) is 22.2. The lowest BCUT2D eigenvalue weighted by Gasteiger charge is -2.36. The van der Waals surface area contributed by atoms with Crippen molar-refractivity contribution in [2.45, 2.75) is 76.6 Å². The van der Waals surface area contributed by atoms with Gasteiger partial charge in [-0.05, 0) is 66.3 Å². The van der Waals surface area contributed by atoms with Crippen molar-refractivity contribution in [2.75, 3.05) is 23.0 Å². The van der Waals surface area contributed by atoms with E-state index < -0.39 is 17.4 Å². The number of hydrogen-bond donors (Lipinski definition) is 2. The molecule has 246 valence electrons. The first-order chi connectivity index (χ1) is 22.7. The number of benzene rings is 3. The predicted molar refractivity (Wildman–Crippen MR) is 186 cm³/mol. The number of rotatable bonds is 8. The lowest BCUT2D eigenvalue weighted by molar-refractivity contribution is -0.139. The maximum Gasteiger partial charge on any atom is 0.264 e. The Balaban J connectivity index is 1.17. The Kier molecular flexibility index (Phi) is 9.96. The van der Waals surface area contributed by atoms with Crippen LogP contribution in [0.4, 0.5) is 11.4 Å². The van der Waals surface area contributed by atoms with Crippen LogP contribution >= 0.6 is 15.9 Å². The summed E-state index contributed by atoms with van der Waals surface area (Å²) in [6, 6.07) is 20.9. The van der Waals surface area contributed by atoms with Gasteiger partial charge in [0.2, 0.25) is 11.8 Å². The molecule has 1 fully saturated rings. The van der Waals surface area contributed by atoms with Gasteiger partial charge in [-0.1, -0.05) is 84.2 Å². The zero-order valence-electron chi connectivity index (χ0n) is 26.8. The summed E-state index contributed by atoms with van der Waals surface area (Å²) in [7, 11) is 0. The van der Waals surface area contributed by atoms with Crippen LogP contribution in [-0.2, 0) is 39.5 Å². The van der Waals surface area contributed by atoms with Crippen LogP contribution < -0.4 is 9.80 Å². The van der Waals surface area contributed by atoms with Crippen LogP contribution in [0, 0.1) is 5.92 Å². The highest BCUT2D eigenvalue weighted by Gasteiger charge is 2.52. The number of carbonyl (C=O) groups excluding carboxylic acids is 3. The zero-order valence-corrected chi connectivity index (χ0v) is 28.4. The van der Waals surface area contributed by atoms with Crippen molar-refractivity contribution in [3.63, 3.8) is 0 Å². The molecule has 3 aromatic carbocycles. The third-order valence-electron chi connectivity index (χ3n) is 9.91. The van der Waals surface area contributed by atoms with Crippen molar-refractivity contribution in [3.05, 3.63) is 106 Å². The number of amides is 3. The third-order valence-corrected chi connectivity index (χ3v) is 10.4. The fraction of sp³-hybridized carbons (Fsp3) is 0.395. The molecule has 3 aromatic rings. The van der Waals surface area contributed by atoms with Gasteiger partial charge in [0.05, 0.1) is 24.9 Å². The number of aliphatic hydroxyl groups is 2. The molecule has 6 rings (SSSR count). The van der Waals surface area contributed by atoms with Crippen molar-refractivity contribution in [2.24, 2.45) is 5.92 Å². The molecule has 0 radical (unpaired) electrons. The number of fused-ring (bicyclic) bond motifs is 2. The summed E-state index contributed by atoms with van der Waals surface area (Å²) in [4.78, 5) is 45.3. The minimum atomic E-state index is -1.83. The molecule has 3 heterocycles. The van der Waals surface area contributed by atoms with Gasteiger partial charge in [-0.3, -0.25) is 14.4 Å². The molecule has 3 aliphatic rings. The summed E-state index contributed by atoms with van der Waals surface area (Å²) in [5, 5.41) is 22.1. The highest BCUT2D eigenvalue weighted by Crippen LogP contribution is 2.47. The molecule has 0 unspecified atom stereocenters. The van der Waals surface area contributed by atoms with Gasteiger partial charge in [0, 0.05) is 47.6 Å². The summed E-state index contributed by atoms with van der Waals surface area (Å²) in [6.45, 7) is 3.09. The summed E-state index contributed by atoms with van der Waals surface area (Å²) in [5.74, 6) is -1.02. The first-order valence-corrected chi connectivity index (χ1v) is 17.4. The average molecular weight is 701 g/mol. The van der Waals surface area contributed by atoms with E-state index in [9.17, 15) is 24.6 Å². The Hall–Kier alpha value is -3.79. The SMILES string of the molecule is C[C@H](/C=C/CC(=O)N1Cc2ccccc2C[C@H]1CO)[C@@]1(O)C(=O)N(Cc2ccc(N3CCCCCCC3=O)cc2)c2ccc(Br)cc21. The fourth-order valence-electron chi connectivity index (χ4n) is 7.14. The van der Waals surface area contributed by atoms with E-state index in [1.54, 1.807) is 34.9 Å². The monoisotopic (exact) mass is 699 g/mol. The number of aliphatic hydroxyl groups excluding tert-OH is 1. The molecule has 3 aliphatic heterocycles. The van der Waals surface area contributed by atoms with Crippen LogP contribution in [0.15, 0.2) is 83.4 Å². The molecule has 3 amide bonds. The van der Waals surface area contributed by atoms with Crippen LogP contribution in [0.25, 0.3) is 0 Å². The maximum absolute atomic E-state index is 14.1. The van der Waals surface area contributed by atoms with Gasteiger partial charge in [-0.25, -0.2) is 0 Å². The molecular formula is C38H42BrN3O5. The lowest BCUT2D eigenvalue weighted by Crippen LogP contribution is -2.46. The maximum atomic E-state index is 14.1. The molecule has 8 nitrogen and oxygen atoms in total. The molecule has 0 aliphatic carbocycles. The minimum absolute atomic E-state index is 0.0915. The molecule has 0 spiro atoms. The lowest BCUT2D eigenvalue weighted by atomic mass is 9.83. The quantitative estimate of drug-likeness (QED) is 0.281. The molecule has 2 N–H and O–H groups in total. The molecule has 3 atom stereocenters. The Morgan fingerprint density at radius 1 is 1.02 bits per heavy atom. The van der Waals surface area contributed by atoms with Crippen molar-refractivity contribution >= 4 is 45.0 Å². The van der Waals surface area contributed by atoms with Gasteiger partial charge in [-0.2, -0.15) is 0 Å². The Bertz CT molecular complexity index is 1670. The smallest absolute Gasteiger partial charge is 0.264 e. The number of hydrogen-bond acceptors (Lipinski definition) is 5. The topological polar surface area (TPSA) is 101 Å². The number of carbonyl (C=O) groups is 3. The first-order valence-electron chi connectivity index (χ1n) is 16.6. The van der Waals surface area contributed by atoms with Crippen LogP contribution in [0.2, 0.25) is 0 Å². The predicted octanol–water partition coefficient (Wildman–Crippen LogP) is 6.01. The van der Waals surface area contributed by atoms with Crippen molar-refractivity contribution in [1.29, 1.82) is 0 Å². The number of nitrogens with zero attached hydrogens (tertiary/aromatic N) is 3. The van der Waals surface area contributed by atoms with E-state index in [0.29, 0.717) is 37.2 Å². The second kappa shape index (κ2) is 14.1. The zero-order chi connectivity index (χ0) is 33.1. The largest absolute Gasteiger partial charge is 0.394 e. The molecule has 0 bridgehead atoms. The van der Waals surface area contributed by atoms with Crippen LogP contribution in [-0.4, -0.2) is 52.0 Å². The number of anilines is 2. The van der Waals surface area contributed by atoms with E-state index in [-0.39, 0.29) is 37.4 Å². The van der Waals surface area contributed by atoms with Crippen molar-refractivity contribution in [1.82, 2.24) is 4.90 Å². The van der Waals surface area contributed by atoms with E-state index in [0.717, 1.165) is 52.5 Å². The first kappa shape index (κ1) is 33.1. The highest BCUT2D eigenvalue weighted by atomic mass is 79.9. The average Bonchev–Trinajstić information content (AvgIpc) is 3.28. The van der Waals surface area contributed by atoms with Crippen LogP contribution in [0.1, 0.15) is 67.7 Å². The van der Waals surface area contributed by atoms with Gasteiger partial charge in [-0.15, -0.1) is 0 Å². The molecular weight excluding hydrogens is 658 g/mol. The second-order valence-electron chi connectivity index (χ2n) is 12.9. The van der Waals surface area contributed by atoms with Gasteiger partial charge < -0.3 is 24.9 Å². The summed E-state index contributed by atoms with van der Waals surface area (Å²) in [5.41, 5.74) is 3.30. The second-order valence-corrected chi connectivity index (χ2v) is 13.9. The fourth-order valence-corrected chi connectivity index (χ4v) is 7.51. The minimum Gasteiger partial charge on any atom is -0.394 e. The van der Waals surface area contributed by atoms with E-state index in [1.807, 2.05) is 65.6 Å². The standard InChI is InChI=1S/C38H42BrN3O5/c1-26(9-8-13-36(45)41-24-29-11-6-5-10-28(29)21-32(41)25-43)38(47)33-22-30(39)16-19-34(33)42(37(38)46)23-27-14-17-31(18-15-27)40-20-7-3-2-4-12-35(40)44/h5-6,8-11,14-19,22,26,32,43,47H,2-4,7,12-13,20-21,23-25H2,1H3/b9-8+/t26-,32+,38+/m1/s1. The van der Waals surface area contributed by atoms with Crippen molar-refractivity contribution < 1.29 is 24.6 Å². The summed E-state index contributed by atoms with van der Waals surface area (Å²) >= 11 is 3.51. The molecule has 47 heavy (non-hydrogen) atoms. The van der Waals surface area contributed by atoms with E-state index in [2.05, 4.69) is 15.9 Å². The Morgan fingerprint density at radius 3 is 2.53 bits per heavy atom. The number of halogens is 1. The molecule has 0 aromatic heterocycles. The van der Waals surface area contributed by atoms with Gasteiger partial charge in [0.15, 0.2) is 5.60 Å². The van der Waals surface area contributed by atoms with Gasteiger partial charge in [0.25, 0.3) is 5.91 Å². The van der Waals surface area contributed by atoms with Crippen LogP contribution in [0.3, 0.4) is 0 Å². The van der Waals surface area contributed by atoms with Crippen LogP contribution in [0.5, 0.6) is 0 Å². The Morgan fingerprint density at radius 2 is 1.77 bits per heavy atom. The van der Waals surface area contributed by atoms with E-state index >= 15 is 0 Å². The molecule has 1 saturated heterocycles. The summed E-state index contributed by atoms with van der Waals surface area (Å²) in [6.07, 6.45) is 8.84. The molecule has 0 saturated carbocycles. The third kappa shape index (κ3) is 6.66. The highest BCUT2D eigenvalue weighted by molar-refractivity contribution is 9.10. The molecule has 9 heteroatoms. The van der Waals surface area contributed by atoms with E-state index in [1.165, 1.54) is 0 Å². The van der Waals surface area contributed by atoms with Gasteiger partial charge >= 0.3 is 0 Å². The van der Waals surface area contributed by atoms with Gasteiger partial charge in [0.1, 0.15) is 0 Å². The summed E-state index contributed by atoms with van der Waals surface area (Å²) < 4.78 is 0.748. The van der Waals surface area contributed by atoms with Crippen molar-refractivity contribution in [3.8, 4) is 0 Å². The van der Waals surface area contributed by atoms with E-state index in [4.69, 9.17) is 0 Å². The Labute approximate surface area is 284 Å².